The van der Waals surface area contributed by atoms with Gasteiger partial charge in [-0.3, -0.25) is 14.8 Å². The molecule has 0 aromatic carbocycles. The number of nitrogens with two attached hydrogens (primary N) is 1. The summed E-state index contributed by atoms with van der Waals surface area (Å²) in [6.07, 6.45) is 2.06. The Morgan fingerprint density at radius 1 is 1.71 bits per heavy atom. The first-order chi connectivity index (χ1) is 8.11. The molecule has 1 amide bonds. The van der Waals surface area contributed by atoms with Gasteiger partial charge in [-0.15, -0.1) is 0 Å². The standard InChI is InChI=1S/C9H15N5O3/c1-13-5-11-14(9(13)16)4-6-2-3-7(17-6)8(15)12-10/h5-7H,2-4,10H2,1H3,(H,12,15). The van der Waals surface area contributed by atoms with Crippen molar-refractivity contribution in [1.82, 2.24) is 19.8 Å². The highest BCUT2D eigenvalue weighted by atomic mass is 16.5. The SMILES string of the molecule is Cn1cnn(CC2CCC(C(=O)NN)O2)c1=O. The molecule has 2 rings (SSSR count). The molecule has 0 aliphatic carbocycles. The topological polar surface area (TPSA) is 104 Å². The summed E-state index contributed by atoms with van der Waals surface area (Å²) in [6, 6.07) is 0. The minimum absolute atomic E-state index is 0.176. The number of aryl methyl sites for hydroxylation is 1. The lowest BCUT2D eigenvalue weighted by molar-refractivity contribution is -0.132. The molecular weight excluding hydrogens is 226 g/mol. The van der Waals surface area contributed by atoms with Gasteiger partial charge in [0, 0.05) is 7.05 Å². The normalized spacial score (nSPS) is 23.9. The van der Waals surface area contributed by atoms with Crippen LogP contribution in [0.15, 0.2) is 11.1 Å². The number of amides is 1. The highest BCUT2D eigenvalue weighted by Gasteiger charge is 2.30. The zero-order valence-corrected chi connectivity index (χ0v) is 9.50. The molecule has 17 heavy (non-hydrogen) atoms. The van der Waals surface area contributed by atoms with Crippen LogP contribution in [0, 0.1) is 0 Å². The Bertz CT molecular complexity index is 465. The maximum atomic E-state index is 11.5. The number of hydrogen-bond acceptors (Lipinski definition) is 5. The fourth-order valence-electron chi connectivity index (χ4n) is 1.86. The summed E-state index contributed by atoms with van der Waals surface area (Å²) in [5.41, 5.74) is 1.86. The summed E-state index contributed by atoms with van der Waals surface area (Å²) >= 11 is 0. The lowest BCUT2D eigenvalue weighted by Gasteiger charge is -2.11. The molecule has 3 N–H and O–H groups in total. The van der Waals surface area contributed by atoms with Crippen LogP contribution in [0.25, 0.3) is 0 Å². The van der Waals surface area contributed by atoms with Gasteiger partial charge in [0.15, 0.2) is 0 Å². The van der Waals surface area contributed by atoms with Gasteiger partial charge in [-0.1, -0.05) is 0 Å². The van der Waals surface area contributed by atoms with Crippen molar-refractivity contribution in [1.29, 1.82) is 0 Å². The van der Waals surface area contributed by atoms with E-state index in [1.807, 2.05) is 0 Å². The fraction of sp³-hybridized carbons (Fsp3) is 0.667. The highest BCUT2D eigenvalue weighted by molar-refractivity contribution is 5.80. The van der Waals surface area contributed by atoms with Crippen LogP contribution in [-0.2, 0) is 23.1 Å². The van der Waals surface area contributed by atoms with Crippen LogP contribution in [0.3, 0.4) is 0 Å². The molecule has 8 heteroatoms. The van der Waals surface area contributed by atoms with E-state index in [1.54, 1.807) is 7.05 Å². The van der Waals surface area contributed by atoms with Crippen LogP contribution in [0.5, 0.6) is 0 Å². The Morgan fingerprint density at radius 3 is 3.06 bits per heavy atom. The van der Waals surface area contributed by atoms with E-state index in [0.29, 0.717) is 19.4 Å². The van der Waals surface area contributed by atoms with E-state index in [1.165, 1.54) is 15.6 Å². The van der Waals surface area contributed by atoms with Crippen LogP contribution in [0.2, 0.25) is 0 Å². The quantitative estimate of drug-likeness (QED) is 0.366. The smallest absolute Gasteiger partial charge is 0.345 e. The van der Waals surface area contributed by atoms with Crippen molar-refractivity contribution in [3.05, 3.63) is 16.8 Å². The summed E-state index contributed by atoms with van der Waals surface area (Å²) in [7, 11) is 1.63. The third-order valence-corrected chi connectivity index (χ3v) is 2.81. The van der Waals surface area contributed by atoms with Crippen molar-refractivity contribution in [2.24, 2.45) is 12.9 Å². The van der Waals surface area contributed by atoms with E-state index in [2.05, 4.69) is 10.5 Å². The van der Waals surface area contributed by atoms with Crippen molar-refractivity contribution in [3.63, 3.8) is 0 Å². The summed E-state index contributed by atoms with van der Waals surface area (Å²) in [6.45, 7) is 0.355. The number of rotatable bonds is 3. The molecular formula is C9H15N5O3. The van der Waals surface area contributed by atoms with Crippen LogP contribution in [0.1, 0.15) is 12.8 Å². The second-order valence-electron chi connectivity index (χ2n) is 4.04. The van der Waals surface area contributed by atoms with E-state index in [0.717, 1.165) is 0 Å². The molecule has 0 saturated carbocycles. The number of ether oxygens (including phenoxy) is 1. The average molecular weight is 241 g/mol. The minimum Gasteiger partial charge on any atom is -0.363 e. The summed E-state index contributed by atoms with van der Waals surface area (Å²) in [4.78, 5) is 22.8. The minimum atomic E-state index is -0.524. The van der Waals surface area contributed by atoms with Gasteiger partial charge in [-0.05, 0) is 12.8 Å². The van der Waals surface area contributed by atoms with Crippen LogP contribution < -0.4 is 17.0 Å². The number of hydrogen-bond donors (Lipinski definition) is 2. The number of nitrogens with zero attached hydrogens (tertiary/aromatic N) is 3. The molecule has 1 aliphatic heterocycles. The predicted octanol–water partition coefficient (Wildman–Crippen LogP) is -1.88. The molecule has 0 spiro atoms. The second kappa shape index (κ2) is 4.68. The monoisotopic (exact) mass is 241 g/mol. The third kappa shape index (κ3) is 2.37. The summed E-state index contributed by atoms with van der Waals surface area (Å²) in [5, 5.41) is 3.93. The van der Waals surface area contributed by atoms with E-state index < -0.39 is 6.10 Å². The Morgan fingerprint density at radius 2 is 2.47 bits per heavy atom. The molecule has 8 nitrogen and oxygen atoms in total. The largest absolute Gasteiger partial charge is 0.363 e. The number of carbonyl (C=O) groups is 1. The predicted molar refractivity (Wildman–Crippen MR) is 57.7 cm³/mol. The van der Waals surface area contributed by atoms with Crippen molar-refractivity contribution >= 4 is 5.91 Å². The van der Waals surface area contributed by atoms with Crippen molar-refractivity contribution in [2.45, 2.75) is 31.6 Å². The molecule has 94 valence electrons. The molecule has 1 fully saturated rings. The number of aromatic nitrogens is 3. The summed E-state index contributed by atoms with van der Waals surface area (Å²) < 4.78 is 8.20. The van der Waals surface area contributed by atoms with Gasteiger partial charge in [0.2, 0.25) is 0 Å². The van der Waals surface area contributed by atoms with Gasteiger partial charge in [0.05, 0.1) is 12.6 Å². The fourth-order valence-corrected chi connectivity index (χ4v) is 1.86. The Hall–Kier alpha value is -1.67. The van der Waals surface area contributed by atoms with Gasteiger partial charge < -0.3 is 4.74 Å². The Labute approximate surface area is 97.3 Å². The lowest BCUT2D eigenvalue weighted by atomic mass is 10.2. The van der Waals surface area contributed by atoms with Gasteiger partial charge in [-0.25, -0.2) is 15.3 Å². The third-order valence-electron chi connectivity index (χ3n) is 2.81. The Balaban J connectivity index is 1.96. The molecule has 2 unspecified atom stereocenters. The molecule has 0 bridgehead atoms. The van der Waals surface area contributed by atoms with Crippen molar-refractivity contribution in [2.75, 3.05) is 0 Å². The molecule has 1 aliphatic rings. The molecule has 2 heterocycles. The van der Waals surface area contributed by atoms with Gasteiger partial charge in [0.25, 0.3) is 5.91 Å². The maximum Gasteiger partial charge on any atom is 0.345 e. The van der Waals surface area contributed by atoms with Crippen molar-refractivity contribution < 1.29 is 9.53 Å². The molecule has 1 aromatic rings. The molecule has 0 radical (unpaired) electrons. The zero-order valence-electron chi connectivity index (χ0n) is 9.50. The highest BCUT2D eigenvalue weighted by Crippen LogP contribution is 2.20. The lowest BCUT2D eigenvalue weighted by Crippen LogP contribution is -2.39. The van der Waals surface area contributed by atoms with Crippen molar-refractivity contribution in [3.8, 4) is 0 Å². The molecule has 2 atom stereocenters. The van der Waals surface area contributed by atoms with Crippen LogP contribution >= 0.6 is 0 Å². The van der Waals surface area contributed by atoms with E-state index in [-0.39, 0.29) is 17.7 Å². The molecule has 1 aromatic heterocycles. The average Bonchev–Trinajstić information content (AvgIpc) is 2.91. The van der Waals surface area contributed by atoms with Gasteiger partial charge in [-0.2, -0.15) is 5.10 Å². The van der Waals surface area contributed by atoms with Gasteiger partial charge >= 0.3 is 5.69 Å². The summed E-state index contributed by atoms with van der Waals surface area (Å²) in [5.74, 6) is 4.69. The van der Waals surface area contributed by atoms with E-state index in [4.69, 9.17) is 10.6 Å². The maximum absolute atomic E-state index is 11.5. The zero-order chi connectivity index (χ0) is 12.4. The first kappa shape index (κ1) is 11.8. The molecule has 1 saturated heterocycles. The first-order valence-corrected chi connectivity index (χ1v) is 5.36. The van der Waals surface area contributed by atoms with Crippen LogP contribution in [0.4, 0.5) is 0 Å². The Kier molecular flexibility index (Phi) is 3.25. The van der Waals surface area contributed by atoms with E-state index >= 15 is 0 Å². The van der Waals surface area contributed by atoms with E-state index in [9.17, 15) is 9.59 Å². The first-order valence-electron chi connectivity index (χ1n) is 5.36. The van der Waals surface area contributed by atoms with Crippen LogP contribution in [-0.4, -0.2) is 32.5 Å². The second-order valence-corrected chi connectivity index (χ2v) is 4.04. The number of hydrazine groups is 1. The number of carbonyl (C=O) groups excluding carboxylic acids is 1. The number of nitrogens with one attached hydrogen (secondary N) is 1. The van der Waals surface area contributed by atoms with Gasteiger partial charge in [0.1, 0.15) is 12.4 Å².